The minimum Gasteiger partial charge on any atom is -0.424 e. The highest BCUT2D eigenvalue weighted by Crippen LogP contribution is 2.17. The molecule has 2 aromatic carbocycles. The lowest BCUT2D eigenvalue weighted by Gasteiger charge is -2.30. The van der Waals surface area contributed by atoms with Crippen molar-refractivity contribution >= 4 is 30.0 Å². The van der Waals surface area contributed by atoms with Crippen molar-refractivity contribution in [2.24, 2.45) is 11.0 Å². The zero-order valence-electron chi connectivity index (χ0n) is 19.9. The number of Topliss-reactive ketones (excluding diaryl/α,β-unsaturated/α-hetero) is 1. The van der Waals surface area contributed by atoms with Crippen LogP contribution in [0.3, 0.4) is 0 Å². The van der Waals surface area contributed by atoms with Gasteiger partial charge in [-0.1, -0.05) is 49.4 Å². The van der Waals surface area contributed by atoms with E-state index in [2.05, 4.69) is 10.5 Å². The third-order valence-corrected chi connectivity index (χ3v) is 5.66. The first kappa shape index (κ1) is 26.6. The van der Waals surface area contributed by atoms with Gasteiger partial charge in [0.1, 0.15) is 0 Å². The van der Waals surface area contributed by atoms with Gasteiger partial charge in [0, 0.05) is 31.0 Å². The number of hydrogen-bond donors (Lipinski definition) is 1. The number of nitrogens with zero attached hydrogens (tertiary/aromatic N) is 2. The van der Waals surface area contributed by atoms with Crippen LogP contribution in [0.15, 0.2) is 59.7 Å². The van der Waals surface area contributed by atoms with Gasteiger partial charge in [-0.25, -0.2) is 20.1 Å². The number of hydrazone groups is 1. The molecule has 0 bridgehead atoms. The van der Waals surface area contributed by atoms with E-state index in [0.29, 0.717) is 42.6 Å². The second-order valence-corrected chi connectivity index (χ2v) is 8.39. The van der Waals surface area contributed by atoms with Gasteiger partial charge in [-0.15, -0.1) is 0 Å². The van der Waals surface area contributed by atoms with Crippen molar-refractivity contribution in [2.75, 3.05) is 19.9 Å². The molecule has 1 N–H and O–H groups in total. The molecule has 36 heavy (non-hydrogen) atoms. The zero-order chi connectivity index (χ0) is 25.9. The molecule has 1 saturated heterocycles. The fourth-order valence-corrected chi connectivity index (χ4v) is 3.61. The number of carbonyl (C=O) groups excluding carboxylic acids is 4. The number of amides is 2. The van der Waals surface area contributed by atoms with Crippen molar-refractivity contribution in [1.82, 2.24) is 10.3 Å². The van der Waals surface area contributed by atoms with Crippen LogP contribution in [0.4, 0.5) is 4.79 Å². The summed E-state index contributed by atoms with van der Waals surface area (Å²) in [5.41, 5.74) is 3.55. The molecule has 2 aromatic rings. The van der Waals surface area contributed by atoms with Crippen molar-refractivity contribution in [3.05, 3.63) is 71.3 Å². The Morgan fingerprint density at radius 2 is 1.67 bits per heavy atom. The molecule has 1 atom stereocenters. The molecule has 1 aliphatic rings. The van der Waals surface area contributed by atoms with Gasteiger partial charge in [0.15, 0.2) is 5.78 Å². The molecular formula is C26H28N3O7. The summed E-state index contributed by atoms with van der Waals surface area (Å²) in [6, 6.07) is 14.8. The molecule has 1 heterocycles. The number of ketones is 1. The van der Waals surface area contributed by atoms with E-state index in [1.54, 1.807) is 66.4 Å². The molecule has 2 amide bonds. The largest absolute Gasteiger partial charge is 0.430 e. The predicted molar refractivity (Wildman–Crippen MR) is 129 cm³/mol. The Morgan fingerprint density at radius 1 is 1.00 bits per heavy atom. The van der Waals surface area contributed by atoms with E-state index in [4.69, 9.17) is 9.47 Å². The quantitative estimate of drug-likeness (QED) is 0.187. The first-order chi connectivity index (χ1) is 17.3. The summed E-state index contributed by atoms with van der Waals surface area (Å²) in [4.78, 5) is 50.2. The Bertz CT molecular complexity index is 1080. The van der Waals surface area contributed by atoms with Gasteiger partial charge in [0.05, 0.1) is 17.9 Å². The van der Waals surface area contributed by atoms with Crippen LogP contribution in [0.2, 0.25) is 0 Å². The summed E-state index contributed by atoms with van der Waals surface area (Å²) in [6.07, 6.45) is 0.812. The fourth-order valence-electron chi connectivity index (χ4n) is 3.61. The topological polar surface area (TPSA) is 134 Å². The average molecular weight is 495 g/mol. The van der Waals surface area contributed by atoms with Crippen molar-refractivity contribution in [2.45, 2.75) is 32.3 Å². The monoisotopic (exact) mass is 494 g/mol. The van der Waals surface area contributed by atoms with Gasteiger partial charge in [0.2, 0.25) is 12.7 Å². The second-order valence-electron chi connectivity index (χ2n) is 8.39. The number of carbonyl (C=O) groups is 4. The Balaban J connectivity index is 1.39. The van der Waals surface area contributed by atoms with Crippen molar-refractivity contribution < 1.29 is 33.8 Å². The number of esters is 1. The van der Waals surface area contributed by atoms with E-state index in [1.807, 2.05) is 0 Å². The summed E-state index contributed by atoms with van der Waals surface area (Å²) in [7, 11) is 0. The molecular weight excluding hydrogens is 466 g/mol. The van der Waals surface area contributed by atoms with Crippen LogP contribution >= 0.6 is 0 Å². The molecule has 1 aliphatic heterocycles. The van der Waals surface area contributed by atoms with E-state index in [1.165, 1.54) is 6.21 Å². The fraction of sp³-hybridized carbons (Fsp3) is 0.346. The minimum absolute atomic E-state index is 0.0752. The number of piperidine rings is 1. The average Bonchev–Trinajstić information content (AvgIpc) is 2.89. The van der Waals surface area contributed by atoms with Gasteiger partial charge in [0.25, 0.3) is 0 Å². The number of hydrogen-bond acceptors (Lipinski definition) is 7. The first-order valence-corrected chi connectivity index (χ1v) is 11.6. The number of likely N-dealkylation sites (tertiary alicyclic amines) is 1. The van der Waals surface area contributed by atoms with E-state index in [0.717, 1.165) is 0 Å². The van der Waals surface area contributed by atoms with Crippen molar-refractivity contribution in [3.8, 4) is 0 Å². The van der Waals surface area contributed by atoms with Crippen molar-refractivity contribution in [1.29, 1.82) is 0 Å². The molecule has 0 spiro atoms. The molecule has 3 rings (SSSR count). The normalized spacial score (nSPS) is 14.8. The molecule has 189 valence electrons. The SMILES string of the molecule is CC(CC(=O)c1ccc(C=NNC(=O)OCOC(=O)c2ccccc2)cc1)C(=O)N1CCC([O])CC1. The van der Waals surface area contributed by atoms with Gasteiger partial charge >= 0.3 is 12.1 Å². The zero-order valence-corrected chi connectivity index (χ0v) is 19.9. The maximum Gasteiger partial charge on any atom is 0.430 e. The first-order valence-electron chi connectivity index (χ1n) is 11.6. The van der Waals surface area contributed by atoms with Crippen LogP contribution < -0.4 is 5.43 Å². The van der Waals surface area contributed by atoms with Crippen LogP contribution in [-0.2, 0) is 19.4 Å². The van der Waals surface area contributed by atoms with Gasteiger partial charge in [-0.2, -0.15) is 5.10 Å². The third-order valence-electron chi connectivity index (χ3n) is 5.66. The molecule has 10 heteroatoms. The number of rotatable bonds is 9. The summed E-state index contributed by atoms with van der Waals surface area (Å²) in [6.45, 7) is 2.04. The molecule has 0 aliphatic carbocycles. The van der Waals surface area contributed by atoms with E-state index in [9.17, 15) is 24.3 Å². The molecule has 0 saturated carbocycles. The van der Waals surface area contributed by atoms with E-state index >= 15 is 0 Å². The number of ether oxygens (including phenoxy) is 2. The Hall–Kier alpha value is -4.05. The van der Waals surface area contributed by atoms with Crippen LogP contribution in [0.25, 0.3) is 0 Å². The third kappa shape index (κ3) is 8.02. The number of benzene rings is 2. The molecule has 10 nitrogen and oxygen atoms in total. The summed E-state index contributed by atoms with van der Waals surface area (Å²) >= 11 is 0. The highest BCUT2D eigenvalue weighted by atomic mass is 16.7. The van der Waals surface area contributed by atoms with Gasteiger partial charge in [-0.05, 0) is 30.5 Å². The molecule has 1 unspecified atom stereocenters. The summed E-state index contributed by atoms with van der Waals surface area (Å²) in [5, 5.41) is 15.2. The van der Waals surface area contributed by atoms with Gasteiger partial charge < -0.3 is 14.4 Å². The lowest BCUT2D eigenvalue weighted by atomic mass is 9.97. The van der Waals surface area contributed by atoms with Crippen LogP contribution in [0.5, 0.6) is 0 Å². The highest BCUT2D eigenvalue weighted by Gasteiger charge is 2.27. The predicted octanol–water partition coefficient (Wildman–Crippen LogP) is 3.19. The van der Waals surface area contributed by atoms with Crippen molar-refractivity contribution in [3.63, 3.8) is 0 Å². The summed E-state index contributed by atoms with van der Waals surface area (Å²) < 4.78 is 9.57. The maximum absolute atomic E-state index is 12.6. The second kappa shape index (κ2) is 13.1. The lowest BCUT2D eigenvalue weighted by Crippen LogP contribution is -2.42. The number of nitrogens with one attached hydrogen (secondary N) is 1. The maximum atomic E-state index is 12.6. The van der Waals surface area contributed by atoms with Crippen LogP contribution in [0, 0.1) is 5.92 Å². The molecule has 0 aromatic heterocycles. The van der Waals surface area contributed by atoms with Gasteiger partial charge in [-0.3, -0.25) is 9.59 Å². The van der Waals surface area contributed by atoms with Crippen LogP contribution in [0.1, 0.15) is 52.5 Å². The Morgan fingerprint density at radius 3 is 2.33 bits per heavy atom. The Kier molecular flexibility index (Phi) is 9.70. The minimum atomic E-state index is -0.906. The van der Waals surface area contributed by atoms with E-state index in [-0.39, 0.29) is 18.1 Å². The van der Waals surface area contributed by atoms with E-state index < -0.39 is 30.9 Å². The highest BCUT2D eigenvalue weighted by molar-refractivity contribution is 5.99. The smallest absolute Gasteiger partial charge is 0.424 e. The molecule has 1 radical (unpaired) electrons. The Labute approximate surface area is 208 Å². The molecule has 1 fully saturated rings. The summed E-state index contributed by atoms with van der Waals surface area (Å²) in [5.74, 6) is -1.36. The lowest BCUT2D eigenvalue weighted by molar-refractivity contribution is -0.137. The standard InChI is InChI=1S/C26H28N3O7/c1-18(24(32)29-13-11-22(30)12-14-29)15-23(31)20-9-7-19(8-10-20)16-27-28-26(34)36-17-35-25(33)21-5-3-2-4-6-21/h2-10,16,18,22H,11-15,17H2,1H3,(H,28,34). The van der Waals surface area contributed by atoms with Crippen LogP contribution in [-0.4, -0.2) is 60.9 Å².